The first-order valence-corrected chi connectivity index (χ1v) is 8.50. The number of hydrogen-bond acceptors (Lipinski definition) is 6. The summed E-state index contributed by atoms with van der Waals surface area (Å²) in [6.07, 6.45) is 5.31. The van der Waals surface area contributed by atoms with Crippen LogP contribution in [0.15, 0.2) is 0 Å². The van der Waals surface area contributed by atoms with E-state index in [-0.39, 0.29) is 0 Å². The predicted molar refractivity (Wildman–Crippen MR) is 86.0 cm³/mol. The Kier molecular flexibility index (Phi) is 6.97. The molecule has 4 heterocycles. The number of carboxylic acid groups (broad SMARTS) is 2. The zero-order valence-corrected chi connectivity index (χ0v) is 14.0. The highest BCUT2D eigenvalue weighted by molar-refractivity contribution is 6.27. The summed E-state index contributed by atoms with van der Waals surface area (Å²) < 4.78 is 10.4. The van der Waals surface area contributed by atoms with Gasteiger partial charge in [-0.25, -0.2) is 9.59 Å². The molecule has 4 rings (SSSR count). The second kappa shape index (κ2) is 8.75. The van der Waals surface area contributed by atoms with Gasteiger partial charge in [0.1, 0.15) is 0 Å². The normalized spacial score (nSPS) is 25.8. The van der Waals surface area contributed by atoms with Gasteiger partial charge in [0.05, 0.1) is 26.4 Å². The van der Waals surface area contributed by atoms with E-state index in [0.717, 1.165) is 26.4 Å². The smallest absolute Gasteiger partial charge is 0.414 e. The van der Waals surface area contributed by atoms with Gasteiger partial charge in [0.25, 0.3) is 0 Å². The van der Waals surface area contributed by atoms with E-state index in [2.05, 4.69) is 10.6 Å². The van der Waals surface area contributed by atoms with Crippen LogP contribution < -0.4 is 10.6 Å². The molecule has 0 saturated carbocycles. The number of carboxylic acids is 2. The van der Waals surface area contributed by atoms with Gasteiger partial charge in [0, 0.05) is 10.8 Å². The van der Waals surface area contributed by atoms with Crippen LogP contribution in [-0.2, 0) is 19.1 Å². The lowest BCUT2D eigenvalue weighted by molar-refractivity contribution is -0.159. The number of hydrogen-bond donors (Lipinski definition) is 4. The highest BCUT2D eigenvalue weighted by Gasteiger charge is 2.39. The van der Waals surface area contributed by atoms with E-state index >= 15 is 0 Å². The Hall–Kier alpha value is -1.22. The Labute approximate surface area is 141 Å². The molecule has 0 aromatic heterocycles. The molecule has 4 fully saturated rings. The number of ether oxygens (including phenoxy) is 2. The van der Waals surface area contributed by atoms with E-state index in [1.165, 1.54) is 51.9 Å². The SMILES string of the molecule is C1CC2(CCN1)COC2.C1CC2(CCN1)COC2.O=C(O)C(=O)O. The molecule has 2 spiro atoms. The van der Waals surface area contributed by atoms with Gasteiger partial charge >= 0.3 is 11.9 Å². The molecule has 0 bridgehead atoms. The second-order valence-corrected chi connectivity index (χ2v) is 7.10. The van der Waals surface area contributed by atoms with Crippen molar-refractivity contribution in [2.45, 2.75) is 25.7 Å². The van der Waals surface area contributed by atoms with E-state index in [9.17, 15) is 0 Å². The van der Waals surface area contributed by atoms with Crippen LogP contribution in [0, 0.1) is 10.8 Å². The fraction of sp³-hybridized carbons (Fsp3) is 0.875. The van der Waals surface area contributed by atoms with Crippen molar-refractivity contribution in [2.24, 2.45) is 10.8 Å². The largest absolute Gasteiger partial charge is 0.473 e. The Morgan fingerprint density at radius 2 is 0.958 bits per heavy atom. The molecule has 24 heavy (non-hydrogen) atoms. The summed E-state index contributed by atoms with van der Waals surface area (Å²) in [7, 11) is 0. The molecule has 0 amide bonds. The van der Waals surface area contributed by atoms with Crippen molar-refractivity contribution < 1.29 is 29.3 Å². The van der Waals surface area contributed by atoms with Gasteiger partial charge in [-0.3, -0.25) is 0 Å². The van der Waals surface area contributed by atoms with E-state index in [4.69, 9.17) is 29.3 Å². The molecule has 0 unspecified atom stereocenters. The van der Waals surface area contributed by atoms with E-state index in [1.807, 2.05) is 0 Å². The molecule has 4 N–H and O–H groups in total. The lowest BCUT2D eigenvalue weighted by atomic mass is 9.77. The second-order valence-electron chi connectivity index (χ2n) is 7.10. The summed E-state index contributed by atoms with van der Waals surface area (Å²) >= 11 is 0. The van der Waals surface area contributed by atoms with Crippen LogP contribution in [0.25, 0.3) is 0 Å². The molecular weight excluding hydrogens is 316 g/mol. The number of aliphatic carboxylic acids is 2. The number of carbonyl (C=O) groups is 2. The van der Waals surface area contributed by atoms with Crippen LogP contribution >= 0.6 is 0 Å². The summed E-state index contributed by atoms with van der Waals surface area (Å²) in [5.74, 6) is -3.65. The molecule has 8 heteroatoms. The van der Waals surface area contributed by atoms with Crippen LogP contribution in [0.3, 0.4) is 0 Å². The molecule has 138 valence electrons. The number of rotatable bonds is 0. The van der Waals surface area contributed by atoms with E-state index in [0.29, 0.717) is 10.8 Å². The average molecular weight is 344 g/mol. The van der Waals surface area contributed by atoms with Gasteiger partial charge in [-0.2, -0.15) is 0 Å². The van der Waals surface area contributed by atoms with Crippen molar-refractivity contribution in [1.82, 2.24) is 10.6 Å². The van der Waals surface area contributed by atoms with Crippen molar-refractivity contribution in [3.05, 3.63) is 0 Å². The van der Waals surface area contributed by atoms with Crippen LogP contribution in [0.2, 0.25) is 0 Å². The molecule has 8 nitrogen and oxygen atoms in total. The minimum atomic E-state index is -1.82. The molecule has 4 aliphatic rings. The maximum Gasteiger partial charge on any atom is 0.414 e. The molecular formula is C16H28N2O6. The van der Waals surface area contributed by atoms with Crippen molar-refractivity contribution >= 4 is 11.9 Å². The lowest BCUT2D eigenvalue weighted by Gasteiger charge is -2.44. The molecule has 0 aromatic carbocycles. The van der Waals surface area contributed by atoms with Gasteiger partial charge in [-0.05, 0) is 51.9 Å². The third-order valence-electron chi connectivity index (χ3n) is 5.14. The van der Waals surface area contributed by atoms with E-state index < -0.39 is 11.9 Å². The zero-order chi connectivity index (χ0) is 17.5. The van der Waals surface area contributed by atoms with Crippen molar-refractivity contribution in [2.75, 3.05) is 52.6 Å². The van der Waals surface area contributed by atoms with Crippen LogP contribution in [0.1, 0.15) is 25.7 Å². The Bertz CT molecular complexity index is 378. The number of nitrogens with one attached hydrogen (secondary N) is 2. The molecule has 4 saturated heterocycles. The first kappa shape index (κ1) is 19.1. The molecule has 0 atom stereocenters. The first-order chi connectivity index (χ1) is 11.5. The maximum atomic E-state index is 9.10. The summed E-state index contributed by atoms with van der Waals surface area (Å²) in [4.78, 5) is 18.2. The maximum absolute atomic E-state index is 9.10. The lowest BCUT2D eigenvalue weighted by Crippen LogP contribution is -2.49. The highest BCUT2D eigenvalue weighted by Crippen LogP contribution is 2.36. The average Bonchev–Trinajstić information content (AvgIpc) is 2.55. The summed E-state index contributed by atoms with van der Waals surface area (Å²) in [5, 5.41) is 21.5. The fourth-order valence-corrected chi connectivity index (χ4v) is 3.27. The van der Waals surface area contributed by atoms with Crippen molar-refractivity contribution in [3.8, 4) is 0 Å². The molecule has 0 aliphatic carbocycles. The van der Waals surface area contributed by atoms with Gasteiger partial charge < -0.3 is 30.3 Å². The van der Waals surface area contributed by atoms with E-state index in [1.54, 1.807) is 0 Å². The first-order valence-electron chi connectivity index (χ1n) is 8.50. The minimum Gasteiger partial charge on any atom is -0.473 e. The monoisotopic (exact) mass is 344 g/mol. The Morgan fingerprint density at radius 1 is 0.667 bits per heavy atom. The fourth-order valence-electron chi connectivity index (χ4n) is 3.27. The summed E-state index contributed by atoms with van der Waals surface area (Å²) in [6.45, 7) is 8.88. The van der Waals surface area contributed by atoms with Gasteiger partial charge in [0.15, 0.2) is 0 Å². The summed E-state index contributed by atoms with van der Waals surface area (Å²) in [5.41, 5.74) is 1.23. The standard InChI is InChI=1S/2C7H13NO.C2H2O4/c2*1-3-8-4-2-7(1)5-9-6-7;3-1(4)2(5)6/h2*8H,1-6H2;(H,3,4)(H,5,6). The molecule has 0 radical (unpaired) electrons. The van der Waals surface area contributed by atoms with Gasteiger partial charge in [-0.15, -0.1) is 0 Å². The third-order valence-corrected chi connectivity index (χ3v) is 5.14. The third kappa shape index (κ3) is 5.41. The highest BCUT2D eigenvalue weighted by atomic mass is 16.5. The number of piperidine rings is 2. The topological polar surface area (TPSA) is 117 Å². The van der Waals surface area contributed by atoms with Crippen molar-refractivity contribution in [3.63, 3.8) is 0 Å². The molecule has 4 aliphatic heterocycles. The minimum absolute atomic E-state index is 0.616. The molecule has 0 aromatic rings. The van der Waals surface area contributed by atoms with Gasteiger partial charge in [-0.1, -0.05) is 0 Å². The Morgan fingerprint density at radius 3 is 1.08 bits per heavy atom. The van der Waals surface area contributed by atoms with Crippen LogP contribution in [0.5, 0.6) is 0 Å². The zero-order valence-electron chi connectivity index (χ0n) is 14.0. The van der Waals surface area contributed by atoms with Crippen molar-refractivity contribution in [1.29, 1.82) is 0 Å². The predicted octanol–water partition coefficient (Wildman–Crippen LogP) is -0.0716. The van der Waals surface area contributed by atoms with Crippen LogP contribution in [-0.4, -0.2) is 74.8 Å². The summed E-state index contributed by atoms with van der Waals surface area (Å²) in [6, 6.07) is 0. The van der Waals surface area contributed by atoms with Crippen LogP contribution in [0.4, 0.5) is 0 Å². The van der Waals surface area contributed by atoms with Gasteiger partial charge in [0.2, 0.25) is 0 Å². The Balaban J connectivity index is 0.000000134. The quantitative estimate of drug-likeness (QED) is 0.451.